The van der Waals surface area contributed by atoms with E-state index in [9.17, 15) is 9.90 Å². The van der Waals surface area contributed by atoms with Crippen LogP contribution in [0.5, 0.6) is 0 Å². The second kappa shape index (κ2) is 5.26. The van der Waals surface area contributed by atoms with Crippen LogP contribution in [0, 0.1) is 5.92 Å². The van der Waals surface area contributed by atoms with Gasteiger partial charge in [-0.3, -0.25) is 4.79 Å². The number of aliphatic hydroxyl groups is 2. The number of hydrogen-bond acceptors (Lipinski definition) is 4. The Hall–Kier alpha value is -1.85. The van der Waals surface area contributed by atoms with Gasteiger partial charge in [-0.15, -0.1) is 0 Å². The molecule has 1 aromatic carbocycles. The minimum absolute atomic E-state index is 0.0574. The highest BCUT2D eigenvalue weighted by atomic mass is 16.3. The molecule has 2 aromatic rings. The number of carbonyl (C=O) groups excluding carboxylic acids is 1. The molecule has 1 heterocycles. The molecule has 3 atom stereocenters. The van der Waals surface area contributed by atoms with Crippen molar-refractivity contribution in [1.29, 1.82) is 0 Å². The van der Waals surface area contributed by atoms with Crippen LogP contribution in [-0.4, -0.2) is 34.9 Å². The maximum Gasteiger partial charge on any atom is 0.287 e. The standard InChI is InChI=1S/C15H17NO4/c17-8-10-5-11(7-12(10)18)16-15(19)14-6-9-3-1-2-4-13(9)20-14/h1-4,6,10-12,17-18H,5,7-8H2,(H,16,19)/t10-,11-,12-/m1/s1. The number of amides is 1. The maximum absolute atomic E-state index is 12.1. The highest BCUT2D eigenvalue weighted by Crippen LogP contribution is 2.26. The minimum atomic E-state index is -0.555. The molecule has 3 N–H and O–H groups in total. The summed E-state index contributed by atoms with van der Waals surface area (Å²) in [7, 11) is 0. The number of rotatable bonds is 3. The molecule has 0 spiro atoms. The van der Waals surface area contributed by atoms with Crippen molar-refractivity contribution in [1.82, 2.24) is 5.32 Å². The van der Waals surface area contributed by atoms with E-state index in [0.717, 1.165) is 5.39 Å². The summed E-state index contributed by atoms with van der Waals surface area (Å²) in [4.78, 5) is 12.1. The molecule has 20 heavy (non-hydrogen) atoms. The fourth-order valence-corrected chi connectivity index (χ4v) is 2.77. The molecule has 1 aliphatic carbocycles. The summed E-state index contributed by atoms with van der Waals surface area (Å²) in [5.74, 6) is -0.166. The lowest BCUT2D eigenvalue weighted by atomic mass is 10.1. The third-order valence-corrected chi connectivity index (χ3v) is 3.88. The van der Waals surface area contributed by atoms with Crippen LogP contribution in [0.25, 0.3) is 11.0 Å². The van der Waals surface area contributed by atoms with Gasteiger partial charge in [0.1, 0.15) is 5.58 Å². The Morgan fingerprint density at radius 2 is 2.15 bits per heavy atom. The Kier molecular flexibility index (Phi) is 3.46. The van der Waals surface area contributed by atoms with Crippen LogP contribution in [-0.2, 0) is 0 Å². The largest absolute Gasteiger partial charge is 0.451 e. The van der Waals surface area contributed by atoms with E-state index in [-0.39, 0.29) is 30.2 Å². The van der Waals surface area contributed by atoms with Gasteiger partial charge in [0.2, 0.25) is 0 Å². The van der Waals surface area contributed by atoms with Crippen molar-refractivity contribution in [3.8, 4) is 0 Å². The zero-order chi connectivity index (χ0) is 14.1. The minimum Gasteiger partial charge on any atom is -0.451 e. The summed E-state index contributed by atoms with van der Waals surface area (Å²) in [5, 5.41) is 22.6. The fourth-order valence-electron chi connectivity index (χ4n) is 2.77. The number of nitrogens with one attached hydrogen (secondary N) is 1. The average Bonchev–Trinajstić information content (AvgIpc) is 3.01. The molecule has 0 radical (unpaired) electrons. The first-order chi connectivity index (χ1) is 9.67. The van der Waals surface area contributed by atoms with E-state index in [1.54, 1.807) is 6.07 Å². The number of para-hydroxylation sites is 1. The number of hydrogen-bond donors (Lipinski definition) is 3. The van der Waals surface area contributed by atoms with E-state index in [1.165, 1.54) is 0 Å². The Labute approximate surface area is 116 Å². The Morgan fingerprint density at radius 1 is 1.35 bits per heavy atom. The van der Waals surface area contributed by atoms with Crippen LogP contribution in [0.15, 0.2) is 34.7 Å². The molecule has 1 aromatic heterocycles. The number of fused-ring (bicyclic) bond motifs is 1. The Morgan fingerprint density at radius 3 is 2.85 bits per heavy atom. The summed E-state index contributed by atoms with van der Waals surface area (Å²) in [6.45, 7) is -0.0574. The average molecular weight is 275 g/mol. The number of benzene rings is 1. The van der Waals surface area contributed by atoms with Gasteiger partial charge in [0, 0.05) is 24.0 Å². The highest BCUT2D eigenvalue weighted by molar-refractivity contribution is 5.96. The third kappa shape index (κ3) is 2.42. The van der Waals surface area contributed by atoms with Gasteiger partial charge in [-0.05, 0) is 25.0 Å². The molecular formula is C15H17NO4. The van der Waals surface area contributed by atoms with E-state index in [1.807, 2.05) is 24.3 Å². The van der Waals surface area contributed by atoms with Crippen LogP contribution in [0.4, 0.5) is 0 Å². The first-order valence-electron chi connectivity index (χ1n) is 6.75. The molecule has 1 saturated carbocycles. The summed E-state index contributed by atoms with van der Waals surface area (Å²) < 4.78 is 5.50. The molecule has 0 aliphatic heterocycles. The predicted molar refractivity (Wildman–Crippen MR) is 73.3 cm³/mol. The van der Waals surface area contributed by atoms with Gasteiger partial charge < -0.3 is 19.9 Å². The van der Waals surface area contributed by atoms with Gasteiger partial charge in [0.05, 0.1) is 6.10 Å². The molecule has 1 fully saturated rings. The van der Waals surface area contributed by atoms with Gasteiger partial charge in [-0.2, -0.15) is 0 Å². The number of carbonyl (C=O) groups is 1. The third-order valence-electron chi connectivity index (χ3n) is 3.88. The summed E-state index contributed by atoms with van der Waals surface area (Å²) in [5.41, 5.74) is 0.678. The summed E-state index contributed by atoms with van der Waals surface area (Å²) in [6.07, 6.45) is 0.502. The van der Waals surface area contributed by atoms with Crippen LogP contribution < -0.4 is 5.32 Å². The van der Waals surface area contributed by atoms with Gasteiger partial charge >= 0.3 is 0 Å². The zero-order valence-corrected chi connectivity index (χ0v) is 11.0. The predicted octanol–water partition coefficient (Wildman–Crippen LogP) is 1.29. The second-order valence-electron chi connectivity index (χ2n) is 5.30. The van der Waals surface area contributed by atoms with Crippen molar-refractivity contribution in [2.75, 3.05) is 6.61 Å². The Bertz CT molecular complexity index is 588. The van der Waals surface area contributed by atoms with Crippen molar-refractivity contribution in [3.05, 3.63) is 36.1 Å². The smallest absolute Gasteiger partial charge is 0.287 e. The summed E-state index contributed by atoms with van der Waals surface area (Å²) >= 11 is 0. The quantitative estimate of drug-likeness (QED) is 0.788. The first-order valence-corrected chi connectivity index (χ1v) is 6.75. The normalized spacial score (nSPS) is 26.0. The Balaban J connectivity index is 1.70. The van der Waals surface area contributed by atoms with Crippen LogP contribution in [0.3, 0.4) is 0 Å². The molecule has 0 bridgehead atoms. The maximum atomic E-state index is 12.1. The van der Waals surface area contributed by atoms with E-state index in [2.05, 4.69) is 5.32 Å². The van der Waals surface area contributed by atoms with Crippen LogP contribution in [0.1, 0.15) is 23.4 Å². The zero-order valence-electron chi connectivity index (χ0n) is 11.0. The number of furan rings is 1. The molecular weight excluding hydrogens is 258 g/mol. The first kappa shape index (κ1) is 13.1. The fraction of sp³-hybridized carbons (Fsp3) is 0.400. The van der Waals surface area contributed by atoms with E-state index in [0.29, 0.717) is 18.4 Å². The van der Waals surface area contributed by atoms with Gasteiger partial charge in [-0.25, -0.2) is 0 Å². The molecule has 0 saturated heterocycles. The lowest BCUT2D eigenvalue weighted by molar-refractivity contribution is 0.0896. The van der Waals surface area contributed by atoms with Gasteiger partial charge in [-0.1, -0.05) is 18.2 Å². The van der Waals surface area contributed by atoms with Crippen molar-refractivity contribution >= 4 is 16.9 Å². The van der Waals surface area contributed by atoms with Gasteiger partial charge in [0.25, 0.3) is 5.91 Å². The molecule has 5 nitrogen and oxygen atoms in total. The van der Waals surface area contributed by atoms with E-state index >= 15 is 0 Å². The molecule has 1 aliphatic rings. The SMILES string of the molecule is O=C(N[C@@H]1C[C@H](CO)[C@H](O)C1)c1cc2ccccc2o1. The molecule has 3 rings (SSSR count). The van der Waals surface area contributed by atoms with Crippen molar-refractivity contribution in [3.63, 3.8) is 0 Å². The van der Waals surface area contributed by atoms with Gasteiger partial charge in [0.15, 0.2) is 5.76 Å². The van der Waals surface area contributed by atoms with Crippen molar-refractivity contribution in [2.24, 2.45) is 5.92 Å². The second-order valence-corrected chi connectivity index (χ2v) is 5.30. The van der Waals surface area contributed by atoms with Crippen molar-refractivity contribution < 1.29 is 19.4 Å². The lowest BCUT2D eigenvalue weighted by Crippen LogP contribution is -2.33. The van der Waals surface area contributed by atoms with Crippen LogP contribution in [0.2, 0.25) is 0 Å². The number of aliphatic hydroxyl groups excluding tert-OH is 2. The topological polar surface area (TPSA) is 82.7 Å². The summed E-state index contributed by atoms with van der Waals surface area (Å²) in [6, 6.07) is 9.03. The van der Waals surface area contributed by atoms with E-state index in [4.69, 9.17) is 9.52 Å². The molecule has 106 valence electrons. The molecule has 0 unspecified atom stereocenters. The molecule has 5 heteroatoms. The van der Waals surface area contributed by atoms with Crippen molar-refractivity contribution in [2.45, 2.75) is 25.0 Å². The van der Waals surface area contributed by atoms with Crippen LogP contribution >= 0.6 is 0 Å². The highest BCUT2D eigenvalue weighted by Gasteiger charge is 2.33. The monoisotopic (exact) mass is 275 g/mol. The lowest BCUT2D eigenvalue weighted by Gasteiger charge is -2.10. The molecule has 1 amide bonds. The van der Waals surface area contributed by atoms with E-state index < -0.39 is 6.10 Å².